The predicted octanol–water partition coefficient (Wildman–Crippen LogP) is 6.48. The number of alkyl halides is 6. The zero-order valence-corrected chi connectivity index (χ0v) is 22.3. The van der Waals surface area contributed by atoms with Crippen LogP contribution in [0.2, 0.25) is 0 Å². The van der Waals surface area contributed by atoms with Gasteiger partial charge in [-0.05, 0) is 18.8 Å². The molecule has 0 unspecified atom stereocenters. The Kier molecular flexibility index (Phi) is 11.6. The van der Waals surface area contributed by atoms with Gasteiger partial charge >= 0.3 is 24.3 Å². The fourth-order valence-electron chi connectivity index (χ4n) is 4.22. The van der Waals surface area contributed by atoms with Crippen molar-refractivity contribution in [1.82, 2.24) is 0 Å². The van der Waals surface area contributed by atoms with Crippen molar-refractivity contribution < 1.29 is 54.9 Å². The summed E-state index contributed by atoms with van der Waals surface area (Å²) in [5.74, 6) is -3.50. The van der Waals surface area contributed by atoms with E-state index < -0.39 is 46.6 Å². The number of rotatable bonds is 14. The van der Waals surface area contributed by atoms with E-state index in [0.717, 1.165) is 38.5 Å². The summed E-state index contributed by atoms with van der Waals surface area (Å²) in [7, 11) is 1.56. The Morgan fingerprint density at radius 3 is 1.50 bits per heavy atom. The summed E-state index contributed by atoms with van der Waals surface area (Å²) >= 11 is 0. The first kappa shape index (κ1) is 33.1. The van der Waals surface area contributed by atoms with Gasteiger partial charge in [-0.25, -0.2) is 9.59 Å². The topological polar surface area (TPSA) is 71.1 Å². The van der Waals surface area contributed by atoms with Crippen molar-refractivity contribution in [3.05, 3.63) is 71.8 Å². The molecule has 2 aromatic rings. The second-order valence-electron chi connectivity index (χ2n) is 9.19. The minimum absolute atomic E-state index is 0.236. The van der Waals surface area contributed by atoms with Gasteiger partial charge in [-0.1, -0.05) is 80.4 Å². The highest BCUT2D eigenvalue weighted by Gasteiger charge is 2.65. The van der Waals surface area contributed by atoms with E-state index >= 15 is 0 Å². The van der Waals surface area contributed by atoms with Crippen LogP contribution in [0.1, 0.15) is 43.7 Å². The van der Waals surface area contributed by atoms with Gasteiger partial charge in [0.1, 0.15) is 0 Å². The molecule has 0 aliphatic heterocycles. The van der Waals surface area contributed by atoms with Crippen molar-refractivity contribution in [3.8, 4) is 0 Å². The maximum absolute atomic E-state index is 13.9. The summed E-state index contributed by atoms with van der Waals surface area (Å²) in [4.78, 5) is 25.1. The van der Waals surface area contributed by atoms with Crippen molar-refractivity contribution in [1.29, 1.82) is 0 Å². The molecule has 0 N–H and O–H groups in total. The second kappa shape index (κ2) is 14.0. The molecule has 40 heavy (non-hydrogen) atoms. The molecule has 0 fully saturated rings. The molecule has 12 heteroatoms. The molecule has 0 aliphatic carbocycles. The van der Waals surface area contributed by atoms with E-state index in [4.69, 9.17) is 9.47 Å². The lowest BCUT2D eigenvalue weighted by molar-refractivity contribution is -0.277. The molecular weight excluding hydrogens is 546 g/mol. The highest BCUT2D eigenvalue weighted by atomic mass is 19.4. The van der Waals surface area contributed by atoms with Crippen LogP contribution in [0.5, 0.6) is 0 Å². The van der Waals surface area contributed by atoms with Gasteiger partial charge in [0.15, 0.2) is 0 Å². The average Bonchev–Trinajstić information content (AvgIpc) is 2.90. The van der Waals surface area contributed by atoms with Gasteiger partial charge in [-0.3, -0.25) is 0 Å². The number of carbonyl (C=O) groups is 2. The first-order valence-electron chi connectivity index (χ1n) is 12.5. The van der Waals surface area contributed by atoms with E-state index in [-0.39, 0.29) is 25.6 Å². The lowest BCUT2D eigenvalue weighted by Crippen LogP contribution is -2.52. The van der Waals surface area contributed by atoms with Crippen LogP contribution in [-0.4, -0.2) is 51.7 Å². The Labute approximate surface area is 228 Å². The zero-order valence-electron chi connectivity index (χ0n) is 22.3. The summed E-state index contributed by atoms with van der Waals surface area (Å²) in [6, 6.07) is 12.9. The Morgan fingerprint density at radius 2 is 1.10 bits per heavy atom. The Morgan fingerprint density at radius 1 is 0.675 bits per heavy atom. The Hall–Kier alpha value is -3.12. The Balaban J connectivity index is 1.86. The second-order valence-corrected chi connectivity index (χ2v) is 9.19. The number of carbonyl (C=O) groups excluding carboxylic acids is 2. The molecule has 222 valence electrons. The van der Waals surface area contributed by atoms with Gasteiger partial charge in [-0.2, -0.15) is 26.3 Å². The molecule has 0 amide bonds. The number of unbranched alkanes of at least 4 members (excludes halogenated alkanes) is 2. The van der Waals surface area contributed by atoms with Gasteiger partial charge in [-0.15, -0.1) is 0 Å². The summed E-state index contributed by atoms with van der Waals surface area (Å²) in [6.45, 7) is 1.07. The molecule has 0 saturated heterocycles. The van der Waals surface area contributed by atoms with E-state index in [9.17, 15) is 35.9 Å². The molecule has 0 aromatic heterocycles. The molecule has 0 radical (unpaired) electrons. The van der Waals surface area contributed by atoms with Gasteiger partial charge in [0, 0.05) is 25.3 Å². The lowest BCUT2D eigenvalue weighted by atomic mass is 9.92. The molecule has 3 atom stereocenters. The molecule has 0 saturated carbocycles. The Bertz CT molecular complexity index is 1080. The van der Waals surface area contributed by atoms with Crippen LogP contribution in [0.15, 0.2) is 60.7 Å². The van der Waals surface area contributed by atoms with Crippen molar-refractivity contribution in [2.24, 2.45) is 5.92 Å². The van der Waals surface area contributed by atoms with Crippen LogP contribution in [0.25, 0.3) is 0 Å². The fraction of sp³-hybridized carbons (Fsp3) is 0.500. The quantitative estimate of drug-likeness (QED) is 0.145. The maximum Gasteiger partial charge on any atom is 0.432 e. The van der Waals surface area contributed by atoms with Crippen molar-refractivity contribution in [3.63, 3.8) is 0 Å². The first-order valence-corrected chi connectivity index (χ1v) is 12.5. The smallest absolute Gasteiger partial charge is 0.432 e. The van der Waals surface area contributed by atoms with Crippen LogP contribution in [0.4, 0.5) is 26.3 Å². The average molecular weight is 579 g/mol. The van der Waals surface area contributed by atoms with Gasteiger partial charge in [0.05, 0.1) is 13.2 Å². The van der Waals surface area contributed by atoms with Crippen molar-refractivity contribution in [2.75, 3.05) is 27.4 Å². The highest BCUT2D eigenvalue weighted by molar-refractivity contribution is 5.83. The fourth-order valence-corrected chi connectivity index (χ4v) is 4.22. The van der Waals surface area contributed by atoms with Crippen LogP contribution in [-0.2, 0) is 39.7 Å². The minimum atomic E-state index is -5.08. The minimum Gasteiger partial charge on any atom is -0.463 e. The predicted molar refractivity (Wildman–Crippen MR) is 132 cm³/mol. The molecule has 0 spiro atoms. The summed E-state index contributed by atoms with van der Waals surface area (Å²) < 4.78 is 103. The number of hydrogen-bond acceptors (Lipinski definition) is 6. The van der Waals surface area contributed by atoms with Crippen LogP contribution in [0, 0.1) is 5.92 Å². The van der Waals surface area contributed by atoms with Gasteiger partial charge in [0.25, 0.3) is 11.2 Å². The van der Waals surface area contributed by atoms with E-state index in [2.05, 4.69) is 9.47 Å². The number of methoxy groups -OCH3 is 2. The third-order valence-electron chi connectivity index (χ3n) is 6.42. The molecule has 2 aromatic carbocycles. The third-order valence-corrected chi connectivity index (χ3v) is 6.42. The zero-order chi connectivity index (χ0) is 30.0. The van der Waals surface area contributed by atoms with Crippen LogP contribution >= 0.6 is 0 Å². The van der Waals surface area contributed by atoms with Crippen LogP contribution in [0.3, 0.4) is 0 Å². The standard InChI is InChI=1S/C28H32F6O6/c1-20(19-40-24(36)26(38-3,28(32,33)34)22-16-10-5-11-17-22)13-7-6-12-18-39-23(35)25(37-2,27(29,30)31)21-14-8-4-9-15-21/h4-5,8-11,14-17,20H,6-7,12-13,18-19H2,1-3H3/t20-,25+,26+/m1/s1. The SMILES string of the molecule is CO[C@](C(=O)OCCCCC[C@@H](C)COC(=O)[C@@](OC)(c1ccccc1)C(F)(F)F)(c1ccccc1)C(F)(F)F. The van der Waals surface area contributed by atoms with E-state index in [1.165, 1.54) is 36.4 Å². The number of halogens is 6. The molecule has 2 rings (SSSR count). The van der Waals surface area contributed by atoms with Crippen molar-refractivity contribution >= 4 is 11.9 Å². The lowest BCUT2D eigenvalue weighted by Gasteiger charge is -2.32. The first-order chi connectivity index (χ1) is 18.8. The molecule has 0 heterocycles. The monoisotopic (exact) mass is 578 g/mol. The molecule has 0 bridgehead atoms. The van der Waals surface area contributed by atoms with Gasteiger partial charge < -0.3 is 18.9 Å². The van der Waals surface area contributed by atoms with E-state index in [1.807, 2.05) is 0 Å². The van der Waals surface area contributed by atoms with Crippen molar-refractivity contribution in [2.45, 2.75) is 56.2 Å². The number of ether oxygens (including phenoxy) is 4. The number of hydrogen-bond donors (Lipinski definition) is 0. The van der Waals surface area contributed by atoms with Crippen LogP contribution < -0.4 is 0 Å². The molecule has 0 aliphatic rings. The largest absolute Gasteiger partial charge is 0.463 e. The highest BCUT2D eigenvalue weighted by Crippen LogP contribution is 2.44. The number of esters is 2. The molecule has 6 nitrogen and oxygen atoms in total. The molecular formula is C28H32F6O6. The summed E-state index contributed by atoms with van der Waals surface area (Å²) in [6.07, 6.45) is -8.53. The van der Waals surface area contributed by atoms with E-state index in [1.54, 1.807) is 6.92 Å². The summed E-state index contributed by atoms with van der Waals surface area (Å²) in [5.41, 5.74) is -7.35. The third kappa shape index (κ3) is 7.14. The normalized spacial score (nSPS) is 15.9. The maximum atomic E-state index is 13.9. The van der Waals surface area contributed by atoms with Gasteiger partial charge in [0.2, 0.25) is 0 Å². The number of benzene rings is 2. The summed E-state index contributed by atoms with van der Waals surface area (Å²) in [5, 5.41) is 0. The van der Waals surface area contributed by atoms with E-state index in [0.29, 0.717) is 19.3 Å².